The van der Waals surface area contributed by atoms with E-state index >= 15 is 0 Å². The van der Waals surface area contributed by atoms with Crippen molar-refractivity contribution in [2.45, 2.75) is 31.5 Å². The number of hydrogen-bond donors (Lipinski definition) is 1. The lowest BCUT2D eigenvalue weighted by molar-refractivity contribution is -0.118. The standard InChI is InChI=1S/C17H23FN2O3/c18-13-3-1-4-14(11-13)19-17(21)6-7-20-8-10-23-16(12-20)15-5-2-9-22-15/h1,3-4,11,15-16H,2,5-10,12H2,(H,19,21)/t15-,16-/m0/s1. The maximum Gasteiger partial charge on any atom is 0.225 e. The number of nitrogens with zero attached hydrogens (tertiary/aromatic N) is 1. The lowest BCUT2D eigenvalue weighted by Crippen LogP contribution is -2.48. The minimum atomic E-state index is -0.351. The van der Waals surface area contributed by atoms with Gasteiger partial charge in [-0.1, -0.05) is 6.07 Å². The number of carbonyl (C=O) groups is 1. The maximum atomic E-state index is 13.1. The van der Waals surface area contributed by atoms with Gasteiger partial charge < -0.3 is 14.8 Å². The van der Waals surface area contributed by atoms with Crippen LogP contribution in [0.3, 0.4) is 0 Å². The smallest absolute Gasteiger partial charge is 0.225 e. The zero-order chi connectivity index (χ0) is 16.1. The van der Waals surface area contributed by atoms with Crippen LogP contribution in [-0.2, 0) is 14.3 Å². The summed E-state index contributed by atoms with van der Waals surface area (Å²) in [6.45, 7) is 3.80. The predicted octanol–water partition coefficient (Wildman–Crippen LogP) is 2.03. The summed E-state index contributed by atoms with van der Waals surface area (Å²) >= 11 is 0. The molecule has 1 N–H and O–H groups in total. The van der Waals surface area contributed by atoms with Crippen molar-refractivity contribution in [3.8, 4) is 0 Å². The van der Waals surface area contributed by atoms with Crippen LogP contribution >= 0.6 is 0 Å². The Morgan fingerprint density at radius 3 is 2.96 bits per heavy atom. The largest absolute Gasteiger partial charge is 0.375 e. The van der Waals surface area contributed by atoms with E-state index in [9.17, 15) is 9.18 Å². The molecule has 2 heterocycles. The van der Waals surface area contributed by atoms with Crippen molar-refractivity contribution in [3.63, 3.8) is 0 Å². The van der Waals surface area contributed by atoms with E-state index in [-0.39, 0.29) is 23.9 Å². The molecule has 0 unspecified atom stereocenters. The minimum Gasteiger partial charge on any atom is -0.375 e. The number of anilines is 1. The predicted molar refractivity (Wildman–Crippen MR) is 84.8 cm³/mol. The van der Waals surface area contributed by atoms with Gasteiger partial charge in [-0.15, -0.1) is 0 Å². The van der Waals surface area contributed by atoms with Crippen LogP contribution < -0.4 is 5.32 Å². The highest BCUT2D eigenvalue weighted by Gasteiger charge is 2.31. The molecule has 1 aromatic rings. The van der Waals surface area contributed by atoms with Gasteiger partial charge in [-0.3, -0.25) is 9.69 Å². The van der Waals surface area contributed by atoms with E-state index in [0.717, 1.165) is 32.5 Å². The number of carbonyl (C=O) groups excluding carboxylic acids is 1. The second kappa shape index (κ2) is 7.86. The van der Waals surface area contributed by atoms with Crippen molar-refractivity contribution in [1.82, 2.24) is 4.90 Å². The van der Waals surface area contributed by atoms with Gasteiger partial charge in [0.2, 0.25) is 5.91 Å². The summed E-state index contributed by atoms with van der Waals surface area (Å²) in [4.78, 5) is 14.2. The summed E-state index contributed by atoms with van der Waals surface area (Å²) < 4.78 is 24.6. The van der Waals surface area contributed by atoms with Crippen LogP contribution in [0.2, 0.25) is 0 Å². The zero-order valence-electron chi connectivity index (χ0n) is 13.2. The van der Waals surface area contributed by atoms with Gasteiger partial charge in [0.15, 0.2) is 0 Å². The zero-order valence-corrected chi connectivity index (χ0v) is 13.2. The topological polar surface area (TPSA) is 50.8 Å². The Kier molecular flexibility index (Phi) is 5.59. The summed E-state index contributed by atoms with van der Waals surface area (Å²) in [7, 11) is 0. The molecule has 1 amide bonds. The maximum absolute atomic E-state index is 13.1. The number of ether oxygens (including phenoxy) is 2. The molecule has 3 rings (SSSR count). The van der Waals surface area contributed by atoms with Crippen LogP contribution in [0.25, 0.3) is 0 Å². The van der Waals surface area contributed by atoms with E-state index in [0.29, 0.717) is 25.3 Å². The van der Waals surface area contributed by atoms with Gasteiger partial charge in [0.25, 0.3) is 0 Å². The average molecular weight is 322 g/mol. The SMILES string of the molecule is O=C(CCN1CCO[C@H]([C@@H]2CCCO2)C1)Nc1cccc(F)c1. The molecule has 0 aliphatic carbocycles. The Bertz CT molecular complexity index is 534. The minimum absolute atomic E-state index is 0.101. The first-order chi connectivity index (χ1) is 11.2. The van der Waals surface area contributed by atoms with E-state index in [1.165, 1.54) is 12.1 Å². The number of amides is 1. The third-order valence-electron chi connectivity index (χ3n) is 4.32. The van der Waals surface area contributed by atoms with Gasteiger partial charge in [-0.2, -0.15) is 0 Å². The van der Waals surface area contributed by atoms with Crippen molar-refractivity contribution in [2.75, 3.05) is 38.2 Å². The summed E-state index contributed by atoms with van der Waals surface area (Å²) in [6, 6.07) is 5.94. The van der Waals surface area contributed by atoms with Crippen LogP contribution in [-0.4, -0.2) is 55.9 Å². The molecular weight excluding hydrogens is 299 g/mol. The second-order valence-electron chi connectivity index (χ2n) is 6.07. The van der Waals surface area contributed by atoms with E-state index in [2.05, 4.69) is 10.2 Å². The normalized spacial score (nSPS) is 25.4. The first-order valence-electron chi connectivity index (χ1n) is 8.22. The fraction of sp³-hybridized carbons (Fsp3) is 0.588. The molecule has 2 saturated heterocycles. The summed E-state index contributed by atoms with van der Waals surface area (Å²) in [5.74, 6) is -0.453. The van der Waals surface area contributed by atoms with Gasteiger partial charge in [0, 0.05) is 38.3 Å². The van der Waals surface area contributed by atoms with Gasteiger partial charge in [0.1, 0.15) is 5.82 Å². The molecule has 2 aliphatic heterocycles. The third-order valence-corrected chi connectivity index (χ3v) is 4.32. The molecule has 2 atom stereocenters. The Morgan fingerprint density at radius 1 is 1.30 bits per heavy atom. The van der Waals surface area contributed by atoms with Crippen LogP contribution in [0.4, 0.5) is 10.1 Å². The third kappa shape index (κ3) is 4.73. The number of halogens is 1. The highest BCUT2D eigenvalue weighted by Crippen LogP contribution is 2.21. The molecule has 2 aliphatic rings. The number of nitrogens with one attached hydrogen (secondary N) is 1. The Labute approximate surface area is 135 Å². The number of morpholine rings is 1. The van der Waals surface area contributed by atoms with Crippen molar-refractivity contribution in [2.24, 2.45) is 0 Å². The van der Waals surface area contributed by atoms with Gasteiger partial charge in [0.05, 0.1) is 18.8 Å². The van der Waals surface area contributed by atoms with Crippen LogP contribution in [0.5, 0.6) is 0 Å². The van der Waals surface area contributed by atoms with Gasteiger partial charge in [-0.05, 0) is 31.0 Å². The fourth-order valence-corrected chi connectivity index (χ4v) is 3.10. The molecule has 23 heavy (non-hydrogen) atoms. The molecule has 1 aromatic carbocycles. The van der Waals surface area contributed by atoms with E-state index in [1.54, 1.807) is 12.1 Å². The molecule has 0 spiro atoms. The van der Waals surface area contributed by atoms with Crippen LogP contribution in [0, 0.1) is 5.82 Å². The second-order valence-corrected chi connectivity index (χ2v) is 6.07. The summed E-state index contributed by atoms with van der Waals surface area (Å²) in [5, 5.41) is 2.73. The Balaban J connectivity index is 1.43. The Hall–Kier alpha value is -1.50. The number of benzene rings is 1. The highest BCUT2D eigenvalue weighted by atomic mass is 19.1. The van der Waals surface area contributed by atoms with Crippen LogP contribution in [0.1, 0.15) is 19.3 Å². The lowest BCUT2D eigenvalue weighted by atomic mass is 10.1. The molecule has 2 fully saturated rings. The molecule has 0 saturated carbocycles. The number of hydrogen-bond acceptors (Lipinski definition) is 4. The highest BCUT2D eigenvalue weighted by molar-refractivity contribution is 5.90. The molecule has 126 valence electrons. The number of rotatable bonds is 5. The molecular formula is C17H23FN2O3. The van der Waals surface area contributed by atoms with Gasteiger partial charge in [-0.25, -0.2) is 4.39 Å². The van der Waals surface area contributed by atoms with E-state index < -0.39 is 0 Å². The Morgan fingerprint density at radius 2 is 2.17 bits per heavy atom. The van der Waals surface area contributed by atoms with Crippen molar-refractivity contribution in [3.05, 3.63) is 30.1 Å². The monoisotopic (exact) mass is 322 g/mol. The van der Waals surface area contributed by atoms with E-state index in [1.807, 2.05) is 0 Å². The van der Waals surface area contributed by atoms with Gasteiger partial charge >= 0.3 is 0 Å². The van der Waals surface area contributed by atoms with Crippen molar-refractivity contribution in [1.29, 1.82) is 0 Å². The van der Waals surface area contributed by atoms with Crippen molar-refractivity contribution >= 4 is 11.6 Å². The molecule has 6 heteroatoms. The van der Waals surface area contributed by atoms with E-state index in [4.69, 9.17) is 9.47 Å². The fourth-order valence-electron chi connectivity index (χ4n) is 3.10. The quantitative estimate of drug-likeness (QED) is 0.901. The molecule has 0 aromatic heterocycles. The molecule has 0 bridgehead atoms. The first-order valence-corrected chi connectivity index (χ1v) is 8.22. The lowest BCUT2D eigenvalue weighted by Gasteiger charge is -2.35. The molecule has 5 nitrogen and oxygen atoms in total. The molecule has 0 radical (unpaired) electrons. The average Bonchev–Trinajstić information content (AvgIpc) is 3.08. The first kappa shape index (κ1) is 16.4. The van der Waals surface area contributed by atoms with Crippen molar-refractivity contribution < 1.29 is 18.7 Å². The van der Waals surface area contributed by atoms with Crippen LogP contribution in [0.15, 0.2) is 24.3 Å². The summed E-state index contributed by atoms with van der Waals surface area (Å²) in [5.41, 5.74) is 0.495. The summed E-state index contributed by atoms with van der Waals surface area (Å²) in [6.07, 6.45) is 2.84.